The molecule has 0 amide bonds. The molecule has 1 aromatic carbocycles. The van der Waals surface area contributed by atoms with E-state index < -0.39 is 0 Å². The van der Waals surface area contributed by atoms with Crippen LogP contribution in [0.25, 0.3) is 10.9 Å². The average molecular weight is 349 g/mol. The molecule has 1 fully saturated rings. The molecule has 0 unspecified atom stereocenters. The Kier molecular flexibility index (Phi) is 4.89. The summed E-state index contributed by atoms with van der Waals surface area (Å²) < 4.78 is 0. The Labute approximate surface area is 154 Å². The Balaban J connectivity index is 1.41. The maximum atomic E-state index is 4.79. The van der Waals surface area contributed by atoms with Crippen LogP contribution in [0, 0.1) is 13.8 Å². The van der Waals surface area contributed by atoms with Gasteiger partial charge in [-0.1, -0.05) is 12.1 Å². The fraction of sp³-hybridized carbons (Fsp3) is 0.429. The number of anilines is 1. The molecule has 0 aliphatic carbocycles. The van der Waals surface area contributed by atoms with E-state index >= 15 is 0 Å². The van der Waals surface area contributed by atoms with E-state index in [1.54, 1.807) is 0 Å². The Bertz CT molecular complexity index is 893. The predicted octanol–water partition coefficient (Wildman–Crippen LogP) is 3.85. The first-order chi connectivity index (χ1) is 12.7. The highest BCUT2D eigenvalue weighted by atomic mass is 15.3. The number of aromatic amines is 1. The van der Waals surface area contributed by atoms with Crippen molar-refractivity contribution in [2.24, 2.45) is 0 Å². The van der Waals surface area contributed by atoms with Crippen LogP contribution in [-0.2, 0) is 13.1 Å². The van der Waals surface area contributed by atoms with Crippen molar-refractivity contribution < 1.29 is 0 Å². The van der Waals surface area contributed by atoms with E-state index in [9.17, 15) is 0 Å². The van der Waals surface area contributed by atoms with Crippen LogP contribution in [0.3, 0.4) is 0 Å². The van der Waals surface area contributed by atoms with Gasteiger partial charge in [-0.05, 0) is 62.3 Å². The molecule has 1 saturated heterocycles. The van der Waals surface area contributed by atoms with Crippen LogP contribution in [0.5, 0.6) is 0 Å². The van der Waals surface area contributed by atoms with E-state index in [0.29, 0.717) is 0 Å². The number of piperidine rings is 1. The summed E-state index contributed by atoms with van der Waals surface area (Å²) in [4.78, 5) is 15.2. The maximum Gasteiger partial charge on any atom is 0.225 e. The van der Waals surface area contributed by atoms with Crippen LogP contribution in [0.15, 0.2) is 30.3 Å². The lowest BCUT2D eigenvalue weighted by atomic mass is 10.1. The standard InChI is InChI=1S/C21H27N5/c1-15-10-18-7-6-17(12-20(18)23-15)13-22-14-19-11-16(2)24-21(25-19)26-8-4-3-5-9-26/h6-7,10-12,22-23H,3-5,8-9,13-14H2,1-2H3. The lowest BCUT2D eigenvalue weighted by Crippen LogP contribution is -2.31. The van der Waals surface area contributed by atoms with Crippen molar-refractivity contribution >= 4 is 16.9 Å². The average Bonchev–Trinajstić information content (AvgIpc) is 3.01. The van der Waals surface area contributed by atoms with Gasteiger partial charge < -0.3 is 15.2 Å². The van der Waals surface area contributed by atoms with Crippen molar-refractivity contribution in [3.05, 3.63) is 53.0 Å². The molecule has 3 heterocycles. The zero-order valence-corrected chi connectivity index (χ0v) is 15.7. The van der Waals surface area contributed by atoms with Gasteiger partial charge in [-0.2, -0.15) is 0 Å². The van der Waals surface area contributed by atoms with Crippen LogP contribution >= 0.6 is 0 Å². The van der Waals surface area contributed by atoms with E-state index in [4.69, 9.17) is 4.98 Å². The van der Waals surface area contributed by atoms with Gasteiger partial charge in [0.05, 0.1) is 5.69 Å². The molecule has 4 rings (SSSR count). The molecule has 0 saturated carbocycles. The van der Waals surface area contributed by atoms with Gasteiger partial charge in [0, 0.05) is 43.1 Å². The Morgan fingerprint density at radius 3 is 2.69 bits per heavy atom. The van der Waals surface area contributed by atoms with Gasteiger partial charge in [0.1, 0.15) is 0 Å². The molecule has 136 valence electrons. The minimum atomic E-state index is 0.756. The molecule has 0 radical (unpaired) electrons. The molecular weight excluding hydrogens is 322 g/mol. The number of nitrogens with zero attached hydrogens (tertiary/aromatic N) is 3. The van der Waals surface area contributed by atoms with E-state index in [-0.39, 0.29) is 0 Å². The molecular formula is C21H27N5. The highest BCUT2D eigenvalue weighted by Crippen LogP contribution is 2.18. The molecule has 0 atom stereocenters. The summed E-state index contributed by atoms with van der Waals surface area (Å²) >= 11 is 0. The first-order valence-electron chi connectivity index (χ1n) is 9.56. The summed E-state index contributed by atoms with van der Waals surface area (Å²) in [7, 11) is 0. The fourth-order valence-corrected chi connectivity index (χ4v) is 3.71. The zero-order chi connectivity index (χ0) is 17.9. The molecule has 0 spiro atoms. The Morgan fingerprint density at radius 2 is 1.85 bits per heavy atom. The molecule has 3 aromatic rings. The third kappa shape index (κ3) is 3.88. The van der Waals surface area contributed by atoms with Crippen molar-refractivity contribution in [2.45, 2.75) is 46.2 Å². The van der Waals surface area contributed by atoms with E-state index in [1.165, 1.54) is 41.4 Å². The first kappa shape index (κ1) is 17.0. The lowest BCUT2D eigenvalue weighted by Gasteiger charge is -2.27. The molecule has 1 aliphatic heterocycles. The number of benzene rings is 1. The second kappa shape index (κ2) is 7.46. The topological polar surface area (TPSA) is 56.8 Å². The largest absolute Gasteiger partial charge is 0.359 e. The van der Waals surface area contributed by atoms with Crippen LogP contribution in [0.4, 0.5) is 5.95 Å². The first-order valence-corrected chi connectivity index (χ1v) is 9.56. The van der Waals surface area contributed by atoms with Crippen LogP contribution in [0.2, 0.25) is 0 Å². The number of fused-ring (bicyclic) bond motifs is 1. The molecule has 5 heteroatoms. The second-order valence-corrected chi connectivity index (χ2v) is 7.33. The molecule has 0 bridgehead atoms. The number of nitrogens with one attached hydrogen (secondary N) is 2. The van der Waals surface area contributed by atoms with E-state index in [1.807, 2.05) is 0 Å². The SMILES string of the molecule is Cc1cc(CNCc2ccc3cc(C)[nH]c3c2)nc(N2CCCCC2)n1. The van der Waals surface area contributed by atoms with Crippen molar-refractivity contribution in [3.63, 3.8) is 0 Å². The third-order valence-corrected chi connectivity index (χ3v) is 4.99. The van der Waals surface area contributed by atoms with Crippen molar-refractivity contribution in [3.8, 4) is 0 Å². The summed E-state index contributed by atoms with van der Waals surface area (Å²) in [6, 6.07) is 10.8. The molecule has 26 heavy (non-hydrogen) atoms. The number of aryl methyl sites for hydroxylation is 2. The summed E-state index contributed by atoms with van der Waals surface area (Å²) in [6.07, 6.45) is 3.80. The van der Waals surface area contributed by atoms with E-state index in [2.05, 4.69) is 64.4 Å². The van der Waals surface area contributed by atoms with Crippen LogP contribution < -0.4 is 10.2 Å². The summed E-state index contributed by atoms with van der Waals surface area (Å²) in [5.41, 5.74) is 5.79. The lowest BCUT2D eigenvalue weighted by molar-refractivity contribution is 0.565. The van der Waals surface area contributed by atoms with Crippen molar-refractivity contribution in [2.75, 3.05) is 18.0 Å². The summed E-state index contributed by atoms with van der Waals surface area (Å²) in [5, 5.41) is 4.79. The van der Waals surface area contributed by atoms with Gasteiger partial charge in [-0.3, -0.25) is 0 Å². The monoisotopic (exact) mass is 349 g/mol. The minimum absolute atomic E-state index is 0.756. The maximum absolute atomic E-state index is 4.79. The van der Waals surface area contributed by atoms with Gasteiger partial charge in [0.25, 0.3) is 0 Å². The second-order valence-electron chi connectivity index (χ2n) is 7.33. The van der Waals surface area contributed by atoms with Gasteiger partial charge in [0.15, 0.2) is 0 Å². The number of aromatic nitrogens is 3. The van der Waals surface area contributed by atoms with Gasteiger partial charge in [-0.25, -0.2) is 9.97 Å². The van der Waals surface area contributed by atoms with Crippen LogP contribution in [0.1, 0.15) is 41.9 Å². The quantitative estimate of drug-likeness (QED) is 0.734. The normalized spacial score (nSPS) is 14.9. The molecule has 2 aromatic heterocycles. The van der Waals surface area contributed by atoms with Crippen molar-refractivity contribution in [1.82, 2.24) is 20.3 Å². The number of H-pyrrole nitrogens is 1. The molecule has 2 N–H and O–H groups in total. The zero-order valence-electron chi connectivity index (χ0n) is 15.7. The number of rotatable bonds is 5. The Morgan fingerprint density at radius 1 is 1.00 bits per heavy atom. The smallest absolute Gasteiger partial charge is 0.225 e. The molecule has 1 aliphatic rings. The highest BCUT2D eigenvalue weighted by molar-refractivity contribution is 5.80. The fourth-order valence-electron chi connectivity index (χ4n) is 3.71. The number of hydrogen-bond acceptors (Lipinski definition) is 4. The number of hydrogen-bond donors (Lipinski definition) is 2. The van der Waals surface area contributed by atoms with Crippen molar-refractivity contribution in [1.29, 1.82) is 0 Å². The third-order valence-electron chi connectivity index (χ3n) is 4.99. The predicted molar refractivity (Wildman–Crippen MR) is 106 cm³/mol. The van der Waals surface area contributed by atoms with E-state index in [0.717, 1.165) is 43.5 Å². The van der Waals surface area contributed by atoms with Gasteiger partial charge in [0.2, 0.25) is 5.95 Å². The summed E-state index contributed by atoms with van der Waals surface area (Å²) in [5.74, 6) is 0.893. The molecule has 5 nitrogen and oxygen atoms in total. The van der Waals surface area contributed by atoms with Crippen LogP contribution in [-0.4, -0.2) is 28.0 Å². The van der Waals surface area contributed by atoms with Gasteiger partial charge >= 0.3 is 0 Å². The Hall–Kier alpha value is -2.40. The highest BCUT2D eigenvalue weighted by Gasteiger charge is 2.14. The minimum Gasteiger partial charge on any atom is -0.359 e. The van der Waals surface area contributed by atoms with Gasteiger partial charge in [-0.15, -0.1) is 0 Å². The summed E-state index contributed by atoms with van der Waals surface area (Å²) in [6.45, 7) is 7.88.